The van der Waals surface area contributed by atoms with Crippen LogP contribution in [0.25, 0.3) is 0 Å². The molecule has 0 aliphatic rings. The summed E-state index contributed by atoms with van der Waals surface area (Å²) in [4.78, 5) is 24.3. The van der Waals surface area contributed by atoms with Crippen molar-refractivity contribution in [2.24, 2.45) is 5.41 Å². The Hall–Kier alpha value is -1.15. The van der Waals surface area contributed by atoms with Crippen molar-refractivity contribution < 1.29 is 32.6 Å². The monoisotopic (exact) mass is 299 g/mol. The van der Waals surface area contributed by atoms with Crippen LogP contribution in [0.15, 0.2) is 0 Å². The highest BCUT2D eigenvalue weighted by atomic mass is 19.4. The lowest BCUT2D eigenvalue weighted by molar-refractivity contribution is -0.160. The van der Waals surface area contributed by atoms with E-state index in [4.69, 9.17) is 9.84 Å². The Morgan fingerprint density at radius 1 is 1.25 bits per heavy atom. The summed E-state index contributed by atoms with van der Waals surface area (Å²) in [6, 6.07) is 0. The van der Waals surface area contributed by atoms with Gasteiger partial charge in [0.1, 0.15) is 5.41 Å². The molecule has 0 aliphatic carbocycles. The van der Waals surface area contributed by atoms with Crippen molar-refractivity contribution >= 4 is 11.8 Å². The van der Waals surface area contributed by atoms with Gasteiger partial charge in [-0.15, -0.1) is 0 Å². The highest BCUT2D eigenvalue weighted by Crippen LogP contribution is 2.21. The van der Waals surface area contributed by atoms with Gasteiger partial charge in [0.25, 0.3) is 0 Å². The van der Waals surface area contributed by atoms with Gasteiger partial charge in [-0.25, -0.2) is 0 Å². The Bertz CT molecular complexity index is 342. The number of rotatable bonds is 8. The number of carbonyl (C=O) groups excluding carboxylic acids is 2. The van der Waals surface area contributed by atoms with Crippen molar-refractivity contribution in [3.05, 3.63) is 0 Å². The molecule has 8 heteroatoms. The Kier molecular flexibility index (Phi) is 7.15. The summed E-state index contributed by atoms with van der Waals surface area (Å²) in [7, 11) is 0. The van der Waals surface area contributed by atoms with Gasteiger partial charge in [-0.2, -0.15) is 13.2 Å². The topological polar surface area (TPSA) is 66.8 Å². The normalized spacial score (nSPS) is 12.6. The second kappa shape index (κ2) is 7.58. The second-order valence-corrected chi connectivity index (χ2v) is 4.82. The number of carbonyl (C=O) groups is 2. The van der Waals surface area contributed by atoms with Gasteiger partial charge in [-0.3, -0.25) is 14.5 Å². The molecule has 118 valence electrons. The van der Waals surface area contributed by atoms with E-state index in [1.807, 2.05) is 0 Å². The first-order valence-corrected chi connectivity index (χ1v) is 6.15. The number of hydrogen-bond acceptors (Lipinski definition) is 5. The highest BCUT2D eigenvalue weighted by Gasteiger charge is 2.39. The van der Waals surface area contributed by atoms with Crippen LogP contribution in [0.4, 0.5) is 13.2 Å². The lowest BCUT2D eigenvalue weighted by atomic mass is 9.88. The van der Waals surface area contributed by atoms with Gasteiger partial charge in [-0.1, -0.05) is 0 Å². The molecule has 0 aromatic carbocycles. The molecule has 0 heterocycles. The van der Waals surface area contributed by atoms with E-state index in [9.17, 15) is 22.8 Å². The second-order valence-electron chi connectivity index (χ2n) is 4.82. The third kappa shape index (κ3) is 6.33. The standard InChI is InChI=1S/C12H20F3NO4/c1-4-20-10(19)11(2,3)9(18)7-16(5-6-17)8-12(13,14)15/h17H,4-8H2,1-3H3. The van der Waals surface area contributed by atoms with E-state index in [-0.39, 0.29) is 13.2 Å². The van der Waals surface area contributed by atoms with E-state index in [1.54, 1.807) is 6.92 Å². The molecule has 0 aliphatic heterocycles. The first kappa shape index (κ1) is 18.9. The van der Waals surface area contributed by atoms with Crippen LogP contribution in [0.2, 0.25) is 0 Å². The van der Waals surface area contributed by atoms with Crippen molar-refractivity contribution in [2.75, 3.05) is 32.8 Å². The van der Waals surface area contributed by atoms with E-state index in [1.165, 1.54) is 13.8 Å². The number of esters is 1. The molecule has 5 nitrogen and oxygen atoms in total. The average molecular weight is 299 g/mol. The molecule has 0 saturated heterocycles. The summed E-state index contributed by atoms with van der Waals surface area (Å²) >= 11 is 0. The minimum Gasteiger partial charge on any atom is -0.465 e. The maximum absolute atomic E-state index is 12.3. The van der Waals surface area contributed by atoms with Gasteiger partial charge >= 0.3 is 12.1 Å². The molecular formula is C12H20F3NO4. The molecule has 0 aromatic heterocycles. The quantitative estimate of drug-likeness (QED) is 0.535. The Morgan fingerprint density at radius 3 is 2.20 bits per heavy atom. The van der Waals surface area contributed by atoms with E-state index in [0.717, 1.165) is 4.90 Å². The summed E-state index contributed by atoms with van der Waals surface area (Å²) in [5, 5.41) is 8.73. The molecule has 0 unspecified atom stereocenters. The Balaban J connectivity index is 4.78. The predicted octanol–water partition coefficient (Wildman–Crippen LogP) is 1.00. The number of nitrogens with zero attached hydrogens (tertiary/aromatic N) is 1. The lowest BCUT2D eigenvalue weighted by Crippen LogP contribution is -2.45. The largest absolute Gasteiger partial charge is 0.465 e. The fraction of sp³-hybridized carbons (Fsp3) is 0.833. The summed E-state index contributed by atoms with van der Waals surface area (Å²) in [6.07, 6.45) is -4.48. The smallest absolute Gasteiger partial charge is 0.401 e. The van der Waals surface area contributed by atoms with Gasteiger partial charge in [0.2, 0.25) is 0 Å². The number of alkyl halides is 3. The van der Waals surface area contributed by atoms with Crippen LogP contribution in [0.3, 0.4) is 0 Å². The van der Waals surface area contributed by atoms with Crippen LogP contribution in [-0.2, 0) is 14.3 Å². The number of ether oxygens (including phenoxy) is 1. The summed E-state index contributed by atoms with van der Waals surface area (Å²) in [5.74, 6) is -1.46. The number of halogens is 3. The molecule has 0 spiro atoms. The SMILES string of the molecule is CCOC(=O)C(C)(C)C(=O)CN(CCO)CC(F)(F)F. The minimum absolute atomic E-state index is 0.0818. The maximum Gasteiger partial charge on any atom is 0.401 e. The van der Waals surface area contributed by atoms with Gasteiger partial charge in [0.05, 0.1) is 26.3 Å². The van der Waals surface area contributed by atoms with Crippen LogP contribution in [0, 0.1) is 5.41 Å². The Morgan fingerprint density at radius 2 is 1.80 bits per heavy atom. The molecule has 0 amide bonds. The minimum atomic E-state index is -4.48. The zero-order valence-electron chi connectivity index (χ0n) is 11.8. The number of Topliss-reactive ketones (excluding diaryl/α,β-unsaturated/α-hetero) is 1. The van der Waals surface area contributed by atoms with Crippen molar-refractivity contribution in [3.8, 4) is 0 Å². The summed E-state index contributed by atoms with van der Waals surface area (Å²) in [6.45, 7) is 1.55. The van der Waals surface area contributed by atoms with Crippen molar-refractivity contribution in [1.29, 1.82) is 0 Å². The molecule has 0 aromatic rings. The molecule has 0 bridgehead atoms. The van der Waals surface area contributed by atoms with Crippen LogP contribution in [-0.4, -0.2) is 60.8 Å². The summed E-state index contributed by atoms with van der Waals surface area (Å²) < 4.78 is 41.7. The zero-order valence-corrected chi connectivity index (χ0v) is 11.8. The maximum atomic E-state index is 12.3. The molecule has 20 heavy (non-hydrogen) atoms. The first-order chi connectivity index (χ1) is 9.04. The number of hydrogen-bond donors (Lipinski definition) is 1. The van der Waals surface area contributed by atoms with E-state index < -0.39 is 43.0 Å². The van der Waals surface area contributed by atoms with Crippen LogP contribution in [0.1, 0.15) is 20.8 Å². The third-order valence-corrected chi connectivity index (χ3v) is 2.67. The zero-order chi connectivity index (χ0) is 16.0. The van der Waals surface area contributed by atoms with Crippen LogP contribution < -0.4 is 0 Å². The van der Waals surface area contributed by atoms with E-state index >= 15 is 0 Å². The first-order valence-electron chi connectivity index (χ1n) is 6.15. The van der Waals surface area contributed by atoms with E-state index in [2.05, 4.69) is 0 Å². The van der Waals surface area contributed by atoms with Gasteiger partial charge in [-0.05, 0) is 20.8 Å². The lowest BCUT2D eigenvalue weighted by Gasteiger charge is -2.26. The third-order valence-electron chi connectivity index (χ3n) is 2.67. The van der Waals surface area contributed by atoms with Crippen molar-refractivity contribution in [1.82, 2.24) is 4.90 Å². The number of ketones is 1. The summed E-state index contributed by atoms with van der Waals surface area (Å²) in [5.41, 5.74) is -1.52. The fourth-order valence-electron chi connectivity index (χ4n) is 1.44. The van der Waals surface area contributed by atoms with Crippen LogP contribution >= 0.6 is 0 Å². The van der Waals surface area contributed by atoms with E-state index in [0.29, 0.717) is 0 Å². The average Bonchev–Trinajstić information content (AvgIpc) is 2.27. The van der Waals surface area contributed by atoms with Crippen LogP contribution in [0.5, 0.6) is 0 Å². The molecule has 0 saturated carbocycles. The fourth-order valence-corrected chi connectivity index (χ4v) is 1.44. The highest BCUT2D eigenvalue weighted by molar-refractivity contribution is 6.03. The molecule has 1 N–H and O–H groups in total. The predicted molar refractivity (Wildman–Crippen MR) is 65.0 cm³/mol. The van der Waals surface area contributed by atoms with Gasteiger partial charge in [0, 0.05) is 6.54 Å². The van der Waals surface area contributed by atoms with Gasteiger partial charge in [0.15, 0.2) is 5.78 Å². The molecule has 0 rings (SSSR count). The van der Waals surface area contributed by atoms with Crippen molar-refractivity contribution in [3.63, 3.8) is 0 Å². The molecule has 0 atom stereocenters. The number of aliphatic hydroxyl groups excluding tert-OH is 1. The molecule has 0 radical (unpaired) electrons. The van der Waals surface area contributed by atoms with Crippen molar-refractivity contribution in [2.45, 2.75) is 26.9 Å². The molecular weight excluding hydrogens is 279 g/mol. The molecule has 0 fully saturated rings. The number of aliphatic hydroxyl groups is 1. The van der Waals surface area contributed by atoms with Gasteiger partial charge < -0.3 is 9.84 Å². The Labute approximate surface area is 115 Å².